The van der Waals surface area contributed by atoms with E-state index in [2.05, 4.69) is 80.2 Å². The molecule has 0 aliphatic carbocycles. The molecule has 0 fully saturated rings. The van der Waals surface area contributed by atoms with Gasteiger partial charge in [-0.25, -0.2) is 4.98 Å². The number of hydrogen-bond donors (Lipinski definition) is 1. The highest BCUT2D eigenvalue weighted by Gasteiger charge is 2.15. The minimum atomic E-state index is 0.150. The molecular weight excluding hydrogens is 270 g/mol. The van der Waals surface area contributed by atoms with Gasteiger partial charge in [-0.15, -0.1) is 0 Å². The van der Waals surface area contributed by atoms with Crippen LogP contribution in [0, 0.1) is 0 Å². The van der Waals surface area contributed by atoms with Crippen LogP contribution in [0.25, 0.3) is 11.0 Å². The van der Waals surface area contributed by atoms with E-state index in [1.165, 1.54) is 16.8 Å². The maximum absolute atomic E-state index is 4.78. The van der Waals surface area contributed by atoms with Gasteiger partial charge in [0.2, 0.25) is 0 Å². The highest BCUT2D eigenvalue weighted by atomic mass is 15.1. The molecule has 1 aromatic heterocycles. The molecule has 1 N–H and O–H groups in total. The third-order valence-electron chi connectivity index (χ3n) is 4.16. The topological polar surface area (TPSA) is 29.9 Å². The molecule has 3 nitrogen and oxygen atoms in total. The maximum atomic E-state index is 4.78. The van der Waals surface area contributed by atoms with Crippen molar-refractivity contribution >= 4 is 16.7 Å². The number of imidazole rings is 1. The van der Waals surface area contributed by atoms with Crippen molar-refractivity contribution in [3.63, 3.8) is 0 Å². The first-order valence-electron chi connectivity index (χ1n) is 7.84. The molecule has 22 heavy (non-hydrogen) atoms. The predicted octanol–water partition coefficient (Wildman–Crippen LogP) is 4.87. The van der Waals surface area contributed by atoms with E-state index in [1.807, 2.05) is 6.07 Å². The van der Waals surface area contributed by atoms with Gasteiger partial charge in [0, 0.05) is 12.7 Å². The Morgan fingerprint density at radius 3 is 2.36 bits per heavy atom. The molecule has 0 amide bonds. The van der Waals surface area contributed by atoms with Crippen molar-refractivity contribution in [3.8, 4) is 0 Å². The average molecular weight is 293 g/mol. The zero-order valence-corrected chi connectivity index (χ0v) is 13.7. The molecule has 0 aliphatic heterocycles. The van der Waals surface area contributed by atoms with E-state index in [-0.39, 0.29) is 6.04 Å². The molecule has 3 heteroatoms. The molecule has 0 bridgehead atoms. The van der Waals surface area contributed by atoms with Crippen molar-refractivity contribution in [1.29, 1.82) is 0 Å². The fourth-order valence-corrected chi connectivity index (χ4v) is 2.98. The summed E-state index contributed by atoms with van der Waals surface area (Å²) < 4.78 is 2.17. The summed E-state index contributed by atoms with van der Waals surface area (Å²) in [4.78, 5) is 4.78. The molecule has 0 saturated carbocycles. The molecule has 3 aromatic rings. The van der Waals surface area contributed by atoms with Crippen LogP contribution in [-0.2, 0) is 7.05 Å². The monoisotopic (exact) mass is 293 g/mol. The van der Waals surface area contributed by atoms with Crippen LogP contribution < -0.4 is 5.32 Å². The molecule has 1 unspecified atom stereocenters. The number of fused-ring (bicyclic) bond motifs is 1. The number of rotatable bonds is 4. The fourth-order valence-electron chi connectivity index (χ4n) is 2.98. The summed E-state index contributed by atoms with van der Waals surface area (Å²) in [6, 6.07) is 16.9. The van der Waals surface area contributed by atoms with Gasteiger partial charge in [0.25, 0.3) is 0 Å². The van der Waals surface area contributed by atoms with Crippen LogP contribution in [0.2, 0.25) is 0 Å². The molecular formula is C19H23N3. The second kappa shape index (κ2) is 5.84. The van der Waals surface area contributed by atoms with Crippen LogP contribution in [-0.4, -0.2) is 9.55 Å². The lowest BCUT2D eigenvalue weighted by molar-refractivity contribution is 0.730. The summed E-state index contributed by atoms with van der Waals surface area (Å²) in [5.74, 6) is 1.55. The van der Waals surface area contributed by atoms with Gasteiger partial charge in [0.05, 0.1) is 17.1 Å². The lowest BCUT2D eigenvalue weighted by atomic mass is 10.0. The SMILES string of the molecule is CC(C)c1ccccc1NC(C)c1nc2ccccc2n1C. The number of nitrogens with zero attached hydrogens (tertiary/aromatic N) is 2. The van der Waals surface area contributed by atoms with E-state index in [1.54, 1.807) is 0 Å². The molecule has 2 aromatic carbocycles. The van der Waals surface area contributed by atoms with Gasteiger partial charge in [-0.1, -0.05) is 44.2 Å². The van der Waals surface area contributed by atoms with E-state index in [9.17, 15) is 0 Å². The Morgan fingerprint density at radius 1 is 0.955 bits per heavy atom. The maximum Gasteiger partial charge on any atom is 0.131 e. The number of aryl methyl sites for hydroxylation is 1. The van der Waals surface area contributed by atoms with Crippen molar-refractivity contribution < 1.29 is 0 Å². The third kappa shape index (κ3) is 2.59. The zero-order valence-electron chi connectivity index (χ0n) is 13.7. The molecule has 0 radical (unpaired) electrons. The highest BCUT2D eigenvalue weighted by Crippen LogP contribution is 2.28. The average Bonchev–Trinajstić information content (AvgIpc) is 2.85. The molecule has 1 atom stereocenters. The lowest BCUT2D eigenvalue weighted by Gasteiger charge is -2.19. The fraction of sp³-hybridized carbons (Fsp3) is 0.316. The van der Waals surface area contributed by atoms with E-state index >= 15 is 0 Å². The lowest BCUT2D eigenvalue weighted by Crippen LogP contribution is -2.13. The number of benzene rings is 2. The highest BCUT2D eigenvalue weighted by molar-refractivity contribution is 5.76. The molecule has 0 aliphatic rings. The quantitative estimate of drug-likeness (QED) is 0.743. The minimum absolute atomic E-state index is 0.150. The third-order valence-corrected chi connectivity index (χ3v) is 4.16. The van der Waals surface area contributed by atoms with Gasteiger partial charge in [-0.05, 0) is 36.6 Å². The number of para-hydroxylation sites is 3. The van der Waals surface area contributed by atoms with Gasteiger partial charge in [-0.3, -0.25) is 0 Å². The Bertz CT molecular complexity index is 786. The Morgan fingerprint density at radius 2 is 1.64 bits per heavy atom. The number of nitrogens with one attached hydrogen (secondary N) is 1. The Balaban J connectivity index is 1.94. The summed E-state index contributed by atoms with van der Waals surface area (Å²) in [6.07, 6.45) is 0. The van der Waals surface area contributed by atoms with Gasteiger partial charge < -0.3 is 9.88 Å². The Labute approximate surface area is 132 Å². The number of anilines is 1. The summed E-state index contributed by atoms with van der Waals surface area (Å²) >= 11 is 0. The number of aromatic nitrogens is 2. The van der Waals surface area contributed by atoms with Gasteiger partial charge in [0.15, 0.2) is 0 Å². The molecule has 0 saturated heterocycles. The van der Waals surface area contributed by atoms with Crippen molar-refractivity contribution in [2.45, 2.75) is 32.7 Å². The molecule has 0 spiro atoms. The van der Waals surface area contributed by atoms with Crippen LogP contribution in [0.15, 0.2) is 48.5 Å². The predicted molar refractivity (Wildman–Crippen MR) is 93.3 cm³/mol. The second-order valence-electron chi connectivity index (χ2n) is 6.13. The van der Waals surface area contributed by atoms with Crippen LogP contribution in [0.5, 0.6) is 0 Å². The second-order valence-corrected chi connectivity index (χ2v) is 6.13. The Hall–Kier alpha value is -2.29. The van der Waals surface area contributed by atoms with Crippen LogP contribution >= 0.6 is 0 Å². The zero-order chi connectivity index (χ0) is 15.7. The van der Waals surface area contributed by atoms with Crippen LogP contribution in [0.4, 0.5) is 5.69 Å². The first-order chi connectivity index (χ1) is 10.6. The summed E-state index contributed by atoms with van der Waals surface area (Å²) in [5.41, 5.74) is 4.75. The van der Waals surface area contributed by atoms with Crippen molar-refractivity contribution in [2.75, 3.05) is 5.32 Å². The van der Waals surface area contributed by atoms with E-state index in [0.717, 1.165) is 11.3 Å². The smallest absolute Gasteiger partial charge is 0.131 e. The minimum Gasteiger partial charge on any atom is -0.375 e. The van der Waals surface area contributed by atoms with E-state index in [0.29, 0.717) is 5.92 Å². The van der Waals surface area contributed by atoms with Crippen LogP contribution in [0.3, 0.4) is 0 Å². The molecule has 114 valence electrons. The summed E-state index contributed by atoms with van der Waals surface area (Å²) in [6.45, 7) is 6.61. The first-order valence-corrected chi connectivity index (χ1v) is 7.84. The molecule has 3 rings (SSSR count). The van der Waals surface area contributed by atoms with Gasteiger partial charge >= 0.3 is 0 Å². The normalized spacial score (nSPS) is 12.8. The Kier molecular flexibility index (Phi) is 3.88. The van der Waals surface area contributed by atoms with Gasteiger partial charge in [0.1, 0.15) is 5.82 Å². The first kappa shape index (κ1) is 14.6. The van der Waals surface area contributed by atoms with E-state index in [4.69, 9.17) is 4.98 Å². The van der Waals surface area contributed by atoms with Crippen molar-refractivity contribution in [3.05, 3.63) is 59.9 Å². The van der Waals surface area contributed by atoms with E-state index < -0.39 is 0 Å². The van der Waals surface area contributed by atoms with Crippen molar-refractivity contribution in [2.24, 2.45) is 7.05 Å². The van der Waals surface area contributed by atoms with Crippen molar-refractivity contribution in [1.82, 2.24) is 9.55 Å². The van der Waals surface area contributed by atoms with Gasteiger partial charge in [-0.2, -0.15) is 0 Å². The molecule has 1 heterocycles. The number of hydrogen-bond acceptors (Lipinski definition) is 2. The largest absolute Gasteiger partial charge is 0.375 e. The summed E-state index contributed by atoms with van der Waals surface area (Å²) in [5, 5.41) is 3.63. The van der Waals surface area contributed by atoms with Crippen LogP contribution in [0.1, 0.15) is 44.1 Å². The summed E-state index contributed by atoms with van der Waals surface area (Å²) in [7, 11) is 2.08. The standard InChI is InChI=1S/C19H23N3/c1-13(2)15-9-5-6-10-16(15)20-14(3)19-21-17-11-7-8-12-18(17)22(19)4/h5-14,20H,1-4H3.